The Morgan fingerprint density at radius 1 is 1.15 bits per heavy atom. The molecule has 0 aliphatic carbocycles. The predicted octanol–water partition coefficient (Wildman–Crippen LogP) is 2.29. The van der Waals surface area contributed by atoms with Gasteiger partial charge in [0.2, 0.25) is 5.82 Å². The topological polar surface area (TPSA) is 90.1 Å². The van der Waals surface area contributed by atoms with E-state index >= 15 is 0 Å². The monoisotopic (exact) mass is 352 g/mol. The minimum Gasteiger partial charge on any atom is -0.491 e. The summed E-state index contributed by atoms with van der Waals surface area (Å²) in [5.41, 5.74) is 2.65. The Labute approximate surface area is 151 Å². The highest BCUT2D eigenvalue weighted by molar-refractivity contribution is 5.94. The number of ether oxygens (including phenoxy) is 1. The number of aromatic nitrogens is 4. The van der Waals surface area contributed by atoms with Gasteiger partial charge in [-0.1, -0.05) is 29.8 Å². The summed E-state index contributed by atoms with van der Waals surface area (Å²) < 4.78 is 5.53. The molecule has 0 amide bonds. The summed E-state index contributed by atoms with van der Waals surface area (Å²) in [5, 5.41) is 22.4. The lowest BCUT2D eigenvalue weighted by molar-refractivity contribution is 0.0849. The van der Waals surface area contributed by atoms with E-state index in [-0.39, 0.29) is 18.9 Å². The lowest BCUT2D eigenvalue weighted by atomic mass is 10.1. The number of carbonyl (C=O) groups is 1. The van der Waals surface area contributed by atoms with Crippen LogP contribution in [0.4, 0.5) is 0 Å². The molecule has 0 aliphatic rings. The number of aliphatic hydroxyl groups excluding tert-OH is 1. The molecule has 1 heterocycles. The van der Waals surface area contributed by atoms with Crippen molar-refractivity contribution in [2.24, 2.45) is 0 Å². The third-order valence-corrected chi connectivity index (χ3v) is 3.84. The smallest absolute Gasteiger partial charge is 0.204 e. The molecule has 0 bridgehead atoms. The SMILES string of the molecule is CC(=O)c1ccc(OCC(O)Cn2nnc(-c3ccc(C)cc3)n2)cc1. The number of aliphatic hydroxyl groups is 1. The van der Waals surface area contributed by atoms with Crippen LogP contribution >= 0.6 is 0 Å². The van der Waals surface area contributed by atoms with Crippen molar-refractivity contribution < 1.29 is 14.6 Å². The van der Waals surface area contributed by atoms with Gasteiger partial charge in [0, 0.05) is 11.1 Å². The van der Waals surface area contributed by atoms with Gasteiger partial charge in [-0.15, -0.1) is 10.2 Å². The minimum absolute atomic E-state index is 0.00165. The van der Waals surface area contributed by atoms with E-state index in [1.165, 1.54) is 11.7 Å². The molecule has 3 aromatic rings. The number of rotatable bonds is 7. The number of aryl methyl sites for hydroxylation is 1. The van der Waals surface area contributed by atoms with Crippen molar-refractivity contribution in [3.05, 3.63) is 59.7 Å². The standard InChI is InChI=1S/C19H20N4O3/c1-13-3-5-16(6-4-13)19-20-22-23(21-19)11-17(25)12-26-18-9-7-15(8-10-18)14(2)24/h3-10,17,25H,11-12H2,1-2H3. The van der Waals surface area contributed by atoms with E-state index in [9.17, 15) is 9.90 Å². The van der Waals surface area contributed by atoms with Crippen LogP contribution in [0.1, 0.15) is 22.8 Å². The number of Topliss-reactive ketones (excluding diaryl/α,β-unsaturated/α-hetero) is 1. The second-order valence-corrected chi connectivity index (χ2v) is 6.08. The van der Waals surface area contributed by atoms with Crippen molar-refractivity contribution in [1.29, 1.82) is 0 Å². The van der Waals surface area contributed by atoms with Gasteiger partial charge in [0.25, 0.3) is 0 Å². The van der Waals surface area contributed by atoms with Crippen LogP contribution < -0.4 is 4.74 Å². The van der Waals surface area contributed by atoms with Gasteiger partial charge >= 0.3 is 0 Å². The van der Waals surface area contributed by atoms with Crippen molar-refractivity contribution >= 4 is 5.78 Å². The zero-order valence-electron chi connectivity index (χ0n) is 14.7. The third-order valence-electron chi connectivity index (χ3n) is 3.84. The summed E-state index contributed by atoms with van der Waals surface area (Å²) in [7, 11) is 0. The predicted molar refractivity (Wildman–Crippen MR) is 95.9 cm³/mol. The van der Waals surface area contributed by atoms with Crippen LogP contribution in [0.3, 0.4) is 0 Å². The van der Waals surface area contributed by atoms with Crippen molar-refractivity contribution in [2.75, 3.05) is 6.61 Å². The van der Waals surface area contributed by atoms with Gasteiger partial charge in [0.15, 0.2) is 5.78 Å². The zero-order chi connectivity index (χ0) is 18.5. The molecular formula is C19H20N4O3. The molecule has 7 heteroatoms. The third kappa shape index (κ3) is 4.52. The first-order valence-corrected chi connectivity index (χ1v) is 8.28. The number of hydrogen-bond donors (Lipinski definition) is 1. The van der Waals surface area contributed by atoms with Crippen LogP contribution in [-0.4, -0.2) is 43.8 Å². The molecule has 0 saturated carbocycles. The first-order valence-electron chi connectivity index (χ1n) is 8.28. The highest BCUT2D eigenvalue weighted by atomic mass is 16.5. The molecule has 0 saturated heterocycles. The van der Waals surface area contributed by atoms with Gasteiger partial charge in [-0.3, -0.25) is 4.79 Å². The van der Waals surface area contributed by atoms with Crippen molar-refractivity contribution in [3.8, 4) is 17.1 Å². The van der Waals surface area contributed by atoms with Gasteiger partial charge in [-0.05, 0) is 43.3 Å². The maximum atomic E-state index is 11.2. The fourth-order valence-corrected chi connectivity index (χ4v) is 2.36. The van der Waals surface area contributed by atoms with E-state index in [1.54, 1.807) is 24.3 Å². The highest BCUT2D eigenvalue weighted by Gasteiger charge is 2.11. The summed E-state index contributed by atoms with van der Waals surface area (Å²) >= 11 is 0. The Bertz CT molecular complexity index is 873. The fourth-order valence-electron chi connectivity index (χ4n) is 2.36. The summed E-state index contributed by atoms with van der Waals surface area (Å²) in [5.74, 6) is 1.09. The largest absolute Gasteiger partial charge is 0.491 e. The van der Waals surface area contributed by atoms with Crippen LogP contribution in [0.15, 0.2) is 48.5 Å². The van der Waals surface area contributed by atoms with E-state index < -0.39 is 6.10 Å². The van der Waals surface area contributed by atoms with E-state index in [1.807, 2.05) is 31.2 Å². The lowest BCUT2D eigenvalue weighted by Crippen LogP contribution is -2.25. The second kappa shape index (κ2) is 7.88. The zero-order valence-corrected chi connectivity index (χ0v) is 14.7. The molecule has 26 heavy (non-hydrogen) atoms. The maximum Gasteiger partial charge on any atom is 0.204 e. The lowest BCUT2D eigenvalue weighted by Gasteiger charge is -2.11. The minimum atomic E-state index is -0.789. The van der Waals surface area contributed by atoms with Crippen LogP contribution in [0.2, 0.25) is 0 Å². The van der Waals surface area contributed by atoms with Crippen molar-refractivity contribution in [3.63, 3.8) is 0 Å². The van der Waals surface area contributed by atoms with E-state index in [4.69, 9.17) is 4.74 Å². The molecular weight excluding hydrogens is 332 g/mol. The average molecular weight is 352 g/mol. The summed E-state index contributed by atoms with van der Waals surface area (Å²) in [4.78, 5) is 12.6. The first-order chi connectivity index (χ1) is 12.5. The summed E-state index contributed by atoms with van der Waals surface area (Å²) in [6, 6.07) is 14.6. The maximum absolute atomic E-state index is 11.2. The molecule has 134 valence electrons. The molecule has 1 unspecified atom stereocenters. The molecule has 0 aliphatic heterocycles. The van der Waals surface area contributed by atoms with Crippen LogP contribution in [0, 0.1) is 6.92 Å². The normalized spacial score (nSPS) is 12.0. The fraction of sp³-hybridized carbons (Fsp3) is 0.263. The molecule has 0 fully saturated rings. The van der Waals surface area contributed by atoms with E-state index in [0.29, 0.717) is 17.1 Å². The van der Waals surface area contributed by atoms with Crippen LogP contribution in [0.25, 0.3) is 11.4 Å². The van der Waals surface area contributed by atoms with E-state index in [2.05, 4.69) is 15.4 Å². The Morgan fingerprint density at radius 3 is 2.50 bits per heavy atom. The molecule has 0 radical (unpaired) electrons. The Hall–Kier alpha value is -3.06. The number of ketones is 1. The quantitative estimate of drug-likeness (QED) is 0.656. The van der Waals surface area contributed by atoms with Gasteiger partial charge in [0.05, 0.1) is 6.54 Å². The summed E-state index contributed by atoms with van der Waals surface area (Å²) in [6.07, 6.45) is -0.789. The molecule has 3 rings (SSSR count). The van der Waals surface area contributed by atoms with Crippen LogP contribution in [-0.2, 0) is 6.54 Å². The Kier molecular flexibility index (Phi) is 5.38. The molecule has 7 nitrogen and oxygen atoms in total. The molecule has 1 aromatic heterocycles. The van der Waals surface area contributed by atoms with Crippen LogP contribution in [0.5, 0.6) is 5.75 Å². The second-order valence-electron chi connectivity index (χ2n) is 6.08. The average Bonchev–Trinajstić information content (AvgIpc) is 3.09. The number of benzene rings is 2. The van der Waals surface area contributed by atoms with Gasteiger partial charge in [-0.2, -0.15) is 4.80 Å². The van der Waals surface area contributed by atoms with Gasteiger partial charge in [-0.25, -0.2) is 0 Å². The Morgan fingerprint density at radius 2 is 1.85 bits per heavy atom. The number of hydrogen-bond acceptors (Lipinski definition) is 6. The first kappa shape index (κ1) is 17.8. The highest BCUT2D eigenvalue weighted by Crippen LogP contribution is 2.15. The molecule has 1 N–H and O–H groups in total. The number of nitrogens with zero attached hydrogens (tertiary/aromatic N) is 4. The molecule has 1 atom stereocenters. The van der Waals surface area contributed by atoms with Crippen molar-refractivity contribution in [1.82, 2.24) is 20.2 Å². The Balaban J connectivity index is 1.54. The summed E-state index contributed by atoms with van der Waals surface area (Å²) in [6.45, 7) is 3.78. The molecule has 2 aromatic carbocycles. The van der Waals surface area contributed by atoms with Gasteiger partial charge in [0.1, 0.15) is 18.5 Å². The van der Waals surface area contributed by atoms with Crippen molar-refractivity contribution in [2.45, 2.75) is 26.5 Å². The van der Waals surface area contributed by atoms with Gasteiger partial charge < -0.3 is 9.84 Å². The number of carbonyl (C=O) groups excluding carboxylic acids is 1. The van der Waals surface area contributed by atoms with E-state index in [0.717, 1.165) is 11.1 Å². The number of tetrazole rings is 1. The molecule has 0 spiro atoms.